The Hall–Kier alpha value is -1.32. The molecule has 0 unspecified atom stereocenters. The fourth-order valence-electron chi connectivity index (χ4n) is 0.626. The lowest BCUT2D eigenvalue weighted by atomic mass is 9.91. The molecule has 0 aromatic rings. The lowest BCUT2D eigenvalue weighted by Gasteiger charge is -2.19. The highest BCUT2D eigenvalue weighted by Crippen LogP contribution is 2.21. The zero-order valence-corrected chi connectivity index (χ0v) is 13.1. The van der Waals surface area contributed by atoms with Gasteiger partial charge in [0.2, 0.25) is 0 Å². The Morgan fingerprint density at radius 2 is 1.50 bits per heavy atom. The Balaban J connectivity index is -0.000000288. The number of aliphatic carboxylic acids is 1. The SMILES string of the molecule is C.C=CCOC(=O)C(C)(C)CC.CCC(C)(C)C(=O)O. The lowest BCUT2D eigenvalue weighted by molar-refractivity contribution is -0.152. The van der Waals surface area contributed by atoms with E-state index >= 15 is 0 Å². The van der Waals surface area contributed by atoms with Gasteiger partial charge in [-0.15, -0.1) is 0 Å². The number of hydrogen-bond acceptors (Lipinski definition) is 3. The minimum absolute atomic E-state index is 0. The summed E-state index contributed by atoms with van der Waals surface area (Å²) in [5, 5.41) is 8.44. The highest BCUT2D eigenvalue weighted by molar-refractivity contribution is 5.75. The van der Waals surface area contributed by atoms with Gasteiger partial charge >= 0.3 is 11.9 Å². The van der Waals surface area contributed by atoms with Crippen molar-refractivity contribution in [1.82, 2.24) is 0 Å². The van der Waals surface area contributed by atoms with E-state index in [1.165, 1.54) is 0 Å². The predicted molar refractivity (Wildman–Crippen MR) is 83.7 cm³/mol. The molecule has 0 amide bonds. The largest absolute Gasteiger partial charge is 0.481 e. The summed E-state index contributed by atoms with van der Waals surface area (Å²) in [5.41, 5.74) is -0.900. The summed E-state index contributed by atoms with van der Waals surface area (Å²) in [6, 6.07) is 0. The first-order valence-corrected chi connectivity index (χ1v) is 6.56. The molecule has 0 radical (unpaired) electrons. The third-order valence-electron chi connectivity index (χ3n) is 3.23. The second-order valence-electron chi connectivity index (χ2n) is 5.67. The first-order chi connectivity index (χ1) is 8.55. The quantitative estimate of drug-likeness (QED) is 0.585. The Kier molecular flexibility index (Phi) is 12.4. The Bertz CT molecular complexity index is 304. The number of esters is 1. The highest BCUT2D eigenvalue weighted by atomic mass is 16.5. The van der Waals surface area contributed by atoms with Crippen LogP contribution in [0.4, 0.5) is 0 Å². The molecular formula is C16H32O4. The standard InChI is InChI=1S/C9H16O2.C6H12O2.CH4/c1-5-7-11-8(10)9(3,4)6-2;1-4-6(2,3)5(7)8;/h5H,1,6-7H2,2-4H3;4H2,1-3H3,(H,7,8);1H4. The van der Waals surface area contributed by atoms with Crippen LogP contribution < -0.4 is 0 Å². The Morgan fingerprint density at radius 1 is 1.10 bits per heavy atom. The van der Waals surface area contributed by atoms with Gasteiger partial charge in [-0.1, -0.05) is 33.9 Å². The van der Waals surface area contributed by atoms with Gasteiger partial charge in [0.1, 0.15) is 6.61 Å². The van der Waals surface area contributed by atoms with Crippen LogP contribution in [0.15, 0.2) is 12.7 Å². The van der Waals surface area contributed by atoms with Crippen molar-refractivity contribution >= 4 is 11.9 Å². The number of carboxylic acids is 1. The zero-order valence-electron chi connectivity index (χ0n) is 13.1. The van der Waals surface area contributed by atoms with Gasteiger partial charge in [-0.2, -0.15) is 0 Å². The van der Waals surface area contributed by atoms with E-state index in [9.17, 15) is 9.59 Å². The van der Waals surface area contributed by atoms with E-state index in [1.54, 1.807) is 19.9 Å². The minimum atomic E-state index is -0.722. The summed E-state index contributed by atoms with van der Waals surface area (Å²) in [4.78, 5) is 21.4. The molecule has 0 fully saturated rings. The van der Waals surface area contributed by atoms with Gasteiger partial charge in [0, 0.05) is 0 Å². The van der Waals surface area contributed by atoms with E-state index in [0.29, 0.717) is 13.0 Å². The summed E-state index contributed by atoms with van der Waals surface area (Å²) >= 11 is 0. The second-order valence-corrected chi connectivity index (χ2v) is 5.67. The third kappa shape index (κ3) is 9.59. The van der Waals surface area contributed by atoms with Crippen molar-refractivity contribution in [3.8, 4) is 0 Å². The maximum absolute atomic E-state index is 11.2. The molecule has 0 bridgehead atoms. The van der Waals surface area contributed by atoms with Gasteiger partial charge in [-0.3, -0.25) is 9.59 Å². The van der Waals surface area contributed by atoms with Crippen molar-refractivity contribution in [2.24, 2.45) is 10.8 Å². The summed E-state index contributed by atoms with van der Waals surface area (Å²) in [5.74, 6) is -0.875. The molecule has 0 atom stereocenters. The third-order valence-corrected chi connectivity index (χ3v) is 3.23. The van der Waals surface area contributed by atoms with Crippen molar-refractivity contribution in [2.75, 3.05) is 6.61 Å². The maximum atomic E-state index is 11.2. The number of carboxylic acid groups (broad SMARTS) is 1. The monoisotopic (exact) mass is 288 g/mol. The molecule has 20 heavy (non-hydrogen) atoms. The molecule has 0 spiro atoms. The van der Waals surface area contributed by atoms with Crippen molar-refractivity contribution in [1.29, 1.82) is 0 Å². The average molecular weight is 288 g/mol. The average Bonchev–Trinajstić information content (AvgIpc) is 2.36. The van der Waals surface area contributed by atoms with Crippen molar-refractivity contribution in [3.05, 3.63) is 12.7 Å². The van der Waals surface area contributed by atoms with Crippen LogP contribution >= 0.6 is 0 Å². The summed E-state index contributed by atoms with van der Waals surface area (Å²) in [7, 11) is 0. The number of ether oxygens (including phenoxy) is 1. The van der Waals surface area contributed by atoms with Crippen LogP contribution in [0, 0.1) is 10.8 Å². The minimum Gasteiger partial charge on any atom is -0.481 e. The van der Waals surface area contributed by atoms with Crippen LogP contribution in [-0.2, 0) is 14.3 Å². The smallest absolute Gasteiger partial charge is 0.311 e. The molecule has 0 saturated heterocycles. The van der Waals surface area contributed by atoms with E-state index < -0.39 is 11.4 Å². The fourth-order valence-corrected chi connectivity index (χ4v) is 0.626. The lowest BCUT2D eigenvalue weighted by Crippen LogP contribution is -2.25. The number of carbonyl (C=O) groups is 2. The normalized spacial score (nSPS) is 10.5. The van der Waals surface area contributed by atoms with E-state index in [1.807, 2.05) is 27.7 Å². The first kappa shape index (κ1) is 23.7. The molecule has 0 aliphatic rings. The molecule has 0 aliphatic carbocycles. The van der Waals surface area contributed by atoms with Crippen LogP contribution in [-0.4, -0.2) is 23.7 Å². The second kappa shape index (κ2) is 10.5. The number of rotatable bonds is 6. The van der Waals surface area contributed by atoms with Crippen LogP contribution in [0.1, 0.15) is 61.8 Å². The molecule has 0 aromatic heterocycles. The fraction of sp³-hybridized carbons (Fsp3) is 0.750. The van der Waals surface area contributed by atoms with Gasteiger partial charge in [0.15, 0.2) is 0 Å². The van der Waals surface area contributed by atoms with Crippen LogP contribution in [0.3, 0.4) is 0 Å². The van der Waals surface area contributed by atoms with Crippen LogP contribution in [0.25, 0.3) is 0 Å². The van der Waals surface area contributed by atoms with Gasteiger partial charge in [-0.25, -0.2) is 0 Å². The first-order valence-electron chi connectivity index (χ1n) is 6.56. The molecule has 0 heterocycles. The summed E-state index contributed by atoms with van der Waals surface area (Å²) < 4.78 is 4.89. The van der Waals surface area contributed by atoms with Crippen LogP contribution in [0.2, 0.25) is 0 Å². The molecular weight excluding hydrogens is 256 g/mol. The van der Waals surface area contributed by atoms with Crippen LogP contribution in [0.5, 0.6) is 0 Å². The molecule has 4 heteroatoms. The highest BCUT2D eigenvalue weighted by Gasteiger charge is 2.26. The predicted octanol–water partition coefficient (Wildman–Crippen LogP) is 4.30. The van der Waals surface area contributed by atoms with Crippen molar-refractivity contribution < 1.29 is 19.4 Å². The van der Waals surface area contributed by atoms with Gasteiger partial charge < -0.3 is 9.84 Å². The zero-order chi connectivity index (χ0) is 15.7. The van der Waals surface area contributed by atoms with Gasteiger partial charge in [-0.05, 0) is 40.5 Å². The molecule has 4 nitrogen and oxygen atoms in total. The van der Waals surface area contributed by atoms with Gasteiger partial charge in [0.05, 0.1) is 10.8 Å². The molecule has 1 N–H and O–H groups in total. The van der Waals surface area contributed by atoms with Gasteiger partial charge in [0.25, 0.3) is 0 Å². The maximum Gasteiger partial charge on any atom is 0.311 e. The molecule has 0 saturated carbocycles. The summed E-state index contributed by atoms with van der Waals surface area (Å²) in [6.45, 7) is 14.8. The summed E-state index contributed by atoms with van der Waals surface area (Å²) in [6.07, 6.45) is 3.05. The topological polar surface area (TPSA) is 63.6 Å². The van der Waals surface area contributed by atoms with E-state index in [-0.39, 0.29) is 18.8 Å². The van der Waals surface area contributed by atoms with E-state index in [0.717, 1.165) is 6.42 Å². The molecule has 0 aromatic carbocycles. The number of hydrogen-bond donors (Lipinski definition) is 1. The molecule has 0 aliphatic heterocycles. The number of carbonyl (C=O) groups excluding carboxylic acids is 1. The Morgan fingerprint density at radius 3 is 1.70 bits per heavy atom. The van der Waals surface area contributed by atoms with Crippen molar-refractivity contribution in [3.63, 3.8) is 0 Å². The molecule has 0 rings (SSSR count). The molecule has 120 valence electrons. The Labute approximate surface area is 124 Å². The van der Waals surface area contributed by atoms with E-state index in [2.05, 4.69) is 6.58 Å². The van der Waals surface area contributed by atoms with E-state index in [4.69, 9.17) is 9.84 Å². The van der Waals surface area contributed by atoms with Crippen molar-refractivity contribution in [2.45, 2.75) is 61.8 Å².